The number of pyridine rings is 1. The van der Waals surface area contributed by atoms with Gasteiger partial charge >= 0.3 is 5.97 Å². The van der Waals surface area contributed by atoms with Gasteiger partial charge in [-0.15, -0.1) is 0 Å². The third kappa shape index (κ3) is 4.82. The lowest BCUT2D eigenvalue weighted by atomic mass is 10.3. The van der Waals surface area contributed by atoms with Crippen LogP contribution in [0.1, 0.15) is 30.3 Å². The van der Waals surface area contributed by atoms with E-state index in [2.05, 4.69) is 15.6 Å². The zero-order chi connectivity index (χ0) is 13.4. The number of nitrogens with one attached hydrogen (secondary N) is 2. The molecule has 0 aliphatic carbocycles. The normalized spacial score (nSPS) is 9.83. The third-order valence-electron chi connectivity index (χ3n) is 2.24. The van der Waals surface area contributed by atoms with E-state index in [1.165, 1.54) is 12.3 Å². The van der Waals surface area contributed by atoms with Gasteiger partial charge in [0, 0.05) is 19.5 Å². The highest BCUT2D eigenvalue weighted by molar-refractivity contribution is 5.85. The molecule has 0 bridgehead atoms. The first kappa shape index (κ1) is 14.0. The van der Waals surface area contributed by atoms with Crippen LogP contribution in [0.25, 0.3) is 0 Å². The molecule has 98 valence electrons. The summed E-state index contributed by atoms with van der Waals surface area (Å²) < 4.78 is 0. The third-order valence-corrected chi connectivity index (χ3v) is 2.24. The van der Waals surface area contributed by atoms with E-state index in [9.17, 15) is 9.59 Å². The van der Waals surface area contributed by atoms with Crippen LogP contribution in [-0.2, 0) is 4.79 Å². The zero-order valence-corrected chi connectivity index (χ0v) is 10.3. The first-order chi connectivity index (χ1) is 8.63. The van der Waals surface area contributed by atoms with Gasteiger partial charge in [-0.05, 0) is 18.6 Å². The fourth-order valence-corrected chi connectivity index (χ4v) is 1.30. The van der Waals surface area contributed by atoms with Gasteiger partial charge in [0.2, 0.25) is 5.91 Å². The minimum absolute atomic E-state index is 0.000495. The van der Waals surface area contributed by atoms with Gasteiger partial charge in [0.05, 0.1) is 11.9 Å². The molecule has 1 rings (SSSR count). The van der Waals surface area contributed by atoms with Crippen LogP contribution in [0.3, 0.4) is 0 Å². The van der Waals surface area contributed by atoms with Gasteiger partial charge in [-0.25, -0.2) is 9.78 Å². The Balaban J connectivity index is 2.31. The van der Waals surface area contributed by atoms with Gasteiger partial charge in [0.25, 0.3) is 0 Å². The van der Waals surface area contributed by atoms with E-state index in [4.69, 9.17) is 5.11 Å². The van der Waals surface area contributed by atoms with Crippen molar-refractivity contribution in [2.24, 2.45) is 0 Å². The Kier molecular flexibility index (Phi) is 5.63. The average Bonchev–Trinajstić information content (AvgIpc) is 2.37. The number of hydrogen-bond donors (Lipinski definition) is 3. The van der Waals surface area contributed by atoms with E-state index >= 15 is 0 Å². The van der Waals surface area contributed by atoms with Crippen molar-refractivity contribution in [1.82, 2.24) is 10.3 Å². The molecule has 18 heavy (non-hydrogen) atoms. The number of carbonyl (C=O) groups is 2. The van der Waals surface area contributed by atoms with Crippen LogP contribution in [0.4, 0.5) is 5.69 Å². The summed E-state index contributed by atoms with van der Waals surface area (Å²) in [5.41, 5.74) is 0.699. The fourth-order valence-electron chi connectivity index (χ4n) is 1.30. The standard InChI is InChI=1S/C12H17N3O3/c1-2-6-14-11(16)5-7-13-9-3-4-10(12(17)18)15-8-9/h3-4,8,13H,2,5-7H2,1H3,(H,14,16)(H,17,18). The number of carboxylic acid groups (broad SMARTS) is 1. The Morgan fingerprint density at radius 1 is 1.33 bits per heavy atom. The van der Waals surface area contributed by atoms with Gasteiger partial charge in [-0.2, -0.15) is 0 Å². The van der Waals surface area contributed by atoms with Gasteiger partial charge in [0.1, 0.15) is 5.69 Å². The highest BCUT2D eigenvalue weighted by atomic mass is 16.4. The molecule has 0 radical (unpaired) electrons. The molecule has 1 aromatic heterocycles. The van der Waals surface area contributed by atoms with Crippen molar-refractivity contribution in [1.29, 1.82) is 0 Å². The van der Waals surface area contributed by atoms with Crippen LogP contribution in [0, 0.1) is 0 Å². The molecule has 0 fully saturated rings. The molecule has 3 N–H and O–H groups in total. The van der Waals surface area contributed by atoms with Crippen molar-refractivity contribution >= 4 is 17.6 Å². The van der Waals surface area contributed by atoms with Crippen LogP contribution in [0.15, 0.2) is 18.3 Å². The molecule has 0 spiro atoms. The minimum Gasteiger partial charge on any atom is -0.477 e. The minimum atomic E-state index is -1.06. The Hall–Kier alpha value is -2.11. The summed E-state index contributed by atoms with van der Waals surface area (Å²) in [5.74, 6) is -1.06. The second-order valence-electron chi connectivity index (χ2n) is 3.76. The summed E-state index contributed by atoms with van der Waals surface area (Å²) in [7, 11) is 0. The molecule has 1 heterocycles. The second kappa shape index (κ2) is 7.26. The Morgan fingerprint density at radius 2 is 2.11 bits per heavy atom. The number of aromatic nitrogens is 1. The highest BCUT2D eigenvalue weighted by Crippen LogP contribution is 2.05. The number of carboxylic acids is 1. The zero-order valence-electron chi connectivity index (χ0n) is 10.3. The number of amides is 1. The summed E-state index contributed by atoms with van der Waals surface area (Å²) in [6, 6.07) is 3.04. The summed E-state index contributed by atoms with van der Waals surface area (Å²) in [5, 5.41) is 14.4. The molecule has 0 saturated heterocycles. The number of anilines is 1. The Labute approximate surface area is 105 Å². The van der Waals surface area contributed by atoms with Crippen molar-refractivity contribution in [2.75, 3.05) is 18.4 Å². The number of aromatic carboxylic acids is 1. The number of nitrogens with zero attached hydrogens (tertiary/aromatic N) is 1. The lowest BCUT2D eigenvalue weighted by Crippen LogP contribution is -2.25. The van der Waals surface area contributed by atoms with Gasteiger partial charge in [-0.1, -0.05) is 6.92 Å². The van der Waals surface area contributed by atoms with Crippen molar-refractivity contribution in [3.63, 3.8) is 0 Å². The maximum Gasteiger partial charge on any atom is 0.354 e. The molecule has 0 aromatic carbocycles. The number of rotatable bonds is 7. The van der Waals surface area contributed by atoms with Crippen LogP contribution in [0.2, 0.25) is 0 Å². The molecule has 0 aliphatic rings. The number of hydrogen-bond acceptors (Lipinski definition) is 4. The molecule has 0 aliphatic heterocycles. The van der Waals surface area contributed by atoms with Crippen molar-refractivity contribution in [3.05, 3.63) is 24.0 Å². The fraction of sp³-hybridized carbons (Fsp3) is 0.417. The summed E-state index contributed by atoms with van der Waals surface area (Å²) >= 11 is 0. The molecular weight excluding hydrogens is 234 g/mol. The van der Waals surface area contributed by atoms with Crippen molar-refractivity contribution < 1.29 is 14.7 Å². The van der Waals surface area contributed by atoms with E-state index in [-0.39, 0.29) is 11.6 Å². The van der Waals surface area contributed by atoms with Crippen LogP contribution in [-0.4, -0.2) is 35.1 Å². The lowest BCUT2D eigenvalue weighted by Gasteiger charge is -2.06. The van der Waals surface area contributed by atoms with Gasteiger partial charge in [0.15, 0.2) is 0 Å². The van der Waals surface area contributed by atoms with E-state index < -0.39 is 5.97 Å². The molecule has 1 amide bonds. The first-order valence-corrected chi connectivity index (χ1v) is 5.83. The molecule has 0 saturated carbocycles. The predicted octanol–water partition coefficient (Wildman–Crippen LogP) is 1.11. The Bertz CT molecular complexity index is 404. The molecule has 0 unspecified atom stereocenters. The van der Waals surface area contributed by atoms with Gasteiger partial charge in [-0.3, -0.25) is 4.79 Å². The monoisotopic (exact) mass is 251 g/mol. The molecule has 0 atom stereocenters. The quantitative estimate of drug-likeness (QED) is 0.675. The first-order valence-electron chi connectivity index (χ1n) is 5.83. The van der Waals surface area contributed by atoms with E-state index in [0.717, 1.165) is 6.42 Å². The van der Waals surface area contributed by atoms with E-state index in [0.29, 0.717) is 25.2 Å². The topological polar surface area (TPSA) is 91.3 Å². The SMILES string of the molecule is CCCNC(=O)CCNc1ccc(C(=O)O)nc1. The Morgan fingerprint density at radius 3 is 2.67 bits per heavy atom. The van der Waals surface area contributed by atoms with Crippen LogP contribution >= 0.6 is 0 Å². The summed E-state index contributed by atoms with van der Waals surface area (Å²) in [6.45, 7) is 3.17. The molecule has 1 aromatic rings. The predicted molar refractivity (Wildman–Crippen MR) is 67.6 cm³/mol. The molecule has 6 nitrogen and oxygen atoms in total. The summed E-state index contributed by atoms with van der Waals surface area (Å²) in [4.78, 5) is 25.6. The van der Waals surface area contributed by atoms with Crippen molar-refractivity contribution in [2.45, 2.75) is 19.8 Å². The maximum atomic E-state index is 11.3. The molecular formula is C12H17N3O3. The van der Waals surface area contributed by atoms with E-state index in [1.807, 2.05) is 6.92 Å². The smallest absolute Gasteiger partial charge is 0.354 e. The van der Waals surface area contributed by atoms with Crippen LogP contribution in [0.5, 0.6) is 0 Å². The summed E-state index contributed by atoms with van der Waals surface area (Å²) in [6.07, 6.45) is 2.73. The highest BCUT2D eigenvalue weighted by Gasteiger charge is 2.03. The van der Waals surface area contributed by atoms with Crippen molar-refractivity contribution in [3.8, 4) is 0 Å². The maximum absolute atomic E-state index is 11.3. The molecule has 6 heteroatoms. The van der Waals surface area contributed by atoms with Crippen LogP contribution < -0.4 is 10.6 Å². The largest absolute Gasteiger partial charge is 0.477 e. The second-order valence-corrected chi connectivity index (χ2v) is 3.76. The van der Waals surface area contributed by atoms with E-state index in [1.54, 1.807) is 6.07 Å². The average molecular weight is 251 g/mol. The number of carbonyl (C=O) groups excluding carboxylic acids is 1. The lowest BCUT2D eigenvalue weighted by molar-refractivity contribution is -0.120. The van der Waals surface area contributed by atoms with Gasteiger partial charge < -0.3 is 15.7 Å².